The minimum absolute atomic E-state index is 0.114. The number of hydrogen-bond acceptors (Lipinski definition) is 3. The van der Waals surface area contributed by atoms with E-state index in [-0.39, 0.29) is 18.1 Å². The normalized spacial score (nSPS) is 22.9. The Labute approximate surface area is 207 Å². The monoisotopic (exact) mass is 488 g/mol. The molecule has 1 spiro atoms. The van der Waals surface area contributed by atoms with Gasteiger partial charge in [0.25, 0.3) is 0 Å². The predicted octanol–water partition coefficient (Wildman–Crippen LogP) is 6.24. The van der Waals surface area contributed by atoms with E-state index in [1.807, 2.05) is 78.9 Å². The van der Waals surface area contributed by atoms with Crippen molar-refractivity contribution in [2.45, 2.75) is 23.8 Å². The predicted molar refractivity (Wildman–Crippen MR) is 137 cm³/mol. The molecular weight excluding hydrogens is 467 g/mol. The lowest BCUT2D eigenvalue weighted by atomic mass is 9.64. The molecule has 0 unspecified atom stereocenters. The van der Waals surface area contributed by atoms with Gasteiger partial charge in [-0.3, -0.25) is 9.59 Å². The first kappa shape index (κ1) is 22.6. The van der Waals surface area contributed by atoms with Gasteiger partial charge in [-0.2, -0.15) is 0 Å². The third-order valence-corrected chi connectivity index (χ3v) is 7.35. The largest absolute Gasteiger partial charge is 0.325 e. The number of rotatable bonds is 1. The summed E-state index contributed by atoms with van der Waals surface area (Å²) in [5.74, 6) is -0.349. The van der Waals surface area contributed by atoms with Gasteiger partial charge in [0.05, 0.1) is 0 Å². The molecule has 6 rings (SSSR count). The molecule has 1 aliphatic heterocycles. The van der Waals surface area contributed by atoms with E-state index in [0.717, 1.165) is 21.4 Å². The molecule has 4 aromatic rings. The van der Waals surface area contributed by atoms with Gasteiger partial charge < -0.3 is 11.1 Å². The highest BCUT2D eigenvalue weighted by atomic mass is 35.5. The second-order valence-corrected chi connectivity index (χ2v) is 9.48. The number of halogens is 2. The number of Topliss-reactive ketones (excluding diaryl/α,β-unsaturated/α-hetero) is 1. The quantitative estimate of drug-likeness (QED) is 0.333. The van der Waals surface area contributed by atoms with Gasteiger partial charge in [0.15, 0.2) is 5.78 Å². The number of nitrogens with two attached hydrogens (primary N) is 1. The lowest BCUT2D eigenvalue weighted by Gasteiger charge is -2.38. The SMILES string of the molecule is Clc1ccccc1.N[C@]1(c2cccc3ccccc23)C(=O)CC[C@]12C(=O)Nc1cc(Cl)ccc12. The van der Waals surface area contributed by atoms with Crippen molar-refractivity contribution >= 4 is 51.4 Å². The van der Waals surface area contributed by atoms with E-state index < -0.39 is 11.0 Å². The molecule has 1 fully saturated rings. The van der Waals surface area contributed by atoms with E-state index in [9.17, 15) is 9.59 Å². The van der Waals surface area contributed by atoms with Gasteiger partial charge >= 0.3 is 0 Å². The fourth-order valence-corrected chi connectivity index (χ4v) is 5.60. The summed E-state index contributed by atoms with van der Waals surface area (Å²) in [6.45, 7) is 0. The van der Waals surface area contributed by atoms with E-state index in [1.165, 1.54) is 0 Å². The average molecular weight is 489 g/mol. The van der Waals surface area contributed by atoms with Crippen molar-refractivity contribution in [1.29, 1.82) is 0 Å². The maximum Gasteiger partial charge on any atom is 0.237 e. The van der Waals surface area contributed by atoms with Crippen LogP contribution in [0.15, 0.2) is 91.0 Å². The Morgan fingerprint density at radius 2 is 1.47 bits per heavy atom. The van der Waals surface area contributed by atoms with Crippen LogP contribution in [0, 0.1) is 0 Å². The molecule has 1 saturated carbocycles. The van der Waals surface area contributed by atoms with Gasteiger partial charge in [0, 0.05) is 22.2 Å². The Morgan fingerprint density at radius 3 is 2.21 bits per heavy atom. The van der Waals surface area contributed by atoms with Gasteiger partial charge in [0.1, 0.15) is 11.0 Å². The first-order valence-corrected chi connectivity index (χ1v) is 11.8. The summed E-state index contributed by atoms with van der Waals surface area (Å²) < 4.78 is 0. The maximum absolute atomic E-state index is 13.3. The molecule has 0 radical (unpaired) electrons. The molecule has 0 aromatic heterocycles. The number of hydrogen-bond donors (Lipinski definition) is 2. The molecule has 34 heavy (non-hydrogen) atoms. The van der Waals surface area contributed by atoms with Crippen molar-refractivity contribution in [2.75, 3.05) is 5.32 Å². The molecule has 2 aliphatic rings. The summed E-state index contributed by atoms with van der Waals surface area (Å²) in [5, 5.41) is 6.12. The molecule has 170 valence electrons. The van der Waals surface area contributed by atoms with Crippen molar-refractivity contribution in [1.82, 2.24) is 0 Å². The Balaban J connectivity index is 0.000000297. The molecule has 6 heteroatoms. The lowest BCUT2D eigenvalue weighted by Crippen LogP contribution is -2.59. The van der Waals surface area contributed by atoms with E-state index in [2.05, 4.69) is 5.32 Å². The van der Waals surface area contributed by atoms with Gasteiger partial charge in [-0.1, -0.05) is 89.9 Å². The standard InChI is InChI=1S/C22H17ClN2O2.C6H5Cl/c23-14-8-9-17-18(12-14)25-20(27)21(17)11-10-19(26)22(21,24)16-7-3-5-13-4-1-2-6-15(13)16;7-6-4-2-1-3-5-6/h1-9,12H,10-11,24H2,(H,25,27);1-5H/t21-,22+;/m0./s1. The fourth-order valence-electron chi connectivity index (χ4n) is 5.28. The number of anilines is 1. The highest BCUT2D eigenvalue weighted by Gasteiger charge is 2.67. The number of carbonyl (C=O) groups excluding carboxylic acids is 2. The van der Waals surface area contributed by atoms with Gasteiger partial charge in [-0.15, -0.1) is 0 Å². The van der Waals surface area contributed by atoms with Crippen LogP contribution in [0.2, 0.25) is 10.0 Å². The van der Waals surface area contributed by atoms with Crippen molar-refractivity contribution in [3.05, 3.63) is 112 Å². The van der Waals surface area contributed by atoms with Crippen LogP contribution >= 0.6 is 23.2 Å². The number of benzene rings is 4. The van der Waals surface area contributed by atoms with Crippen LogP contribution in [-0.2, 0) is 20.5 Å². The van der Waals surface area contributed by atoms with Crippen molar-refractivity contribution in [3.8, 4) is 0 Å². The Bertz CT molecular complexity index is 1420. The lowest BCUT2D eigenvalue weighted by molar-refractivity contribution is -0.129. The molecule has 3 N–H and O–H groups in total. The van der Waals surface area contributed by atoms with Crippen LogP contribution < -0.4 is 11.1 Å². The summed E-state index contributed by atoms with van der Waals surface area (Å²) in [6, 6.07) is 28.3. The van der Waals surface area contributed by atoms with Crippen LogP contribution in [0.25, 0.3) is 10.8 Å². The minimum atomic E-state index is -1.43. The number of ketones is 1. The third-order valence-electron chi connectivity index (χ3n) is 6.86. The molecular formula is C28H22Cl2N2O2. The van der Waals surface area contributed by atoms with E-state index in [1.54, 1.807) is 12.1 Å². The fraction of sp³-hybridized carbons (Fsp3) is 0.143. The van der Waals surface area contributed by atoms with Gasteiger partial charge in [0.2, 0.25) is 5.91 Å². The summed E-state index contributed by atoms with van der Waals surface area (Å²) in [7, 11) is 0. The molecule has 0 bridgehead atoms. The van der Waals surface area contributed by atoms with Crippen LogP contribution in [0.5, 0.6) is 0 Å². The maximum atomic E-state index is 13.3. The molecule has 2 atom stereocenters. The second-order valence-electron chi connectivity index (χ2n) is 8.60. The summed E-state index contributed by atoms with van der Waals surface area (Å²) in [5.41, 5.74) is 6.45. The van der Waals surface area contributed by atoms with Crippen LogP contribution in [0.3, 0.4) is 0 Å². The smallest absolute Gasteiger partial charge is 0.237 e. The Morgan fingerprint density at radius 1 is 0.765 bits per heavy atom. The van der Waals surface area contributed by atoms with Crippen molar-refractivity contribution in [3.63, 3.8) is 0 Å². The van der Waals surface area contributed by atoms with Gasteiger partial charge in [-0.25, -0.2) is 0 Å². The number of amides is 1. The van der Waals surface area contributed by atoms with E-state index in [0.29, 0.717) is 22.7 Å². The topological polar surface area (TPSA) is 72.2 Å². The summed E-state index contributed by atoms with van der Waals surface area (Å²) >= 11 is 11.7. The molecule has 1 heterocycles. The zero-order valence-corrected chi connectivity index (χ0v) is 19.7. The van der Waals surface area contributed by atoms with E-state index in [4.69, 9.17) is 28.9 Å². The Kier molecular flexibility index (Phi) is 5.68. The average Bonchev–Trinajstić information content (AvgIpc) is 3.28. The third kappa shape index (κ3) is 3.33. The molecule has 1 aliphatic carbocycles. The van der Waals surface area contributed by atoms with Gasteiger partial charge in [-0.05, 0) is 52.6 Å². The first-order chi connectivity index (χ1) is 16.4. The molecule has 1 amide bonds. The summed E-state index contributed by atoms with van der Waals surface area (Å²) in [4.78, 5) is 26.4. The van der Waals surface area contributed by atoms with Crippen LogP contribution in [0.1, 0.15) is 24.0 Å². The Hall–Kier alpha value is -3.18. The number of nitrogens with one attached hydrogen (secondary N) is 1. The molecule has 0 saturated heterocycles. The summed E-state index contributed by atoms with van der Waals surface area (Å²) in [6.07, 6.45) is 0.640. The minimum Gasteiger partial charge on any atom is -0.325 e. The second kappa shape index (κ2) is 8.55. The zero-order chi connectivity index (χ0) is 23.9. The van der Waals surface area contributed by atoms with Crippen molar-refractivity contribution < 1.29 is 9.59 Å². The van der Waals surface area contributed by atoms with Crippen LogP contribution in [-0.4, -0.2) is 11.7 Å². The number of carbonyl (C=O) groups is 2. The highest BCUT2D eigenvalue weighted by Crippen LogP contribution is 2.57. The highest BCUT2D eigenvalue weighted by molar-refractivity contribution is 6.31. The zero-order valence-electron chi connectivity index (χ0n) is 18.2. The first-order valence-electron chi connectivity index (χ1n) is 11.0. The molecule has 4 nitrogen and oxygen atoms in total. The van der Waals surface area contributed by atoms with Crippen molar-refractivity contribution in [2.24, 2.45) is 5.73 Å². The molecule has 4 aromatic carbocycles. The van der Waals surface area contributed by atoms with Crippen LogP contribution in [0.4, 0.5) is 5.69 Å². The number of fused-ring (bicyclic) bond motifs is 3. The van der Waals surface area contributed by atoms with E-state index >= 15 is 0 Å².